The average molecular weight is 386 g/mol. The summed E-state index contributed by atoms with van der Waals surface area (Å²) in [5.41, 5.74) is 5.23. The van der Waals surface area contributed by atoms with Gasteiger partial charge >= 0.3 is 5.97 Å². The molecule has 0 saturated heterocycles. The molecule has 2 aromatic rings. The lowest BCUT2D eigenvalue weighted by Gasteiger charge is -2.19. The van der Waals surface area contributed by atoms with Crippen molar-refractivity contribution in [3.05, 3.63) is 50.2 Å². The van der Waals surface area contributed by atoms with Crippen molar-refractivity contribution in [2.45, 2.75) is 53.4 Å². The Labute approximate surface area is 164 Å². The third-order valence-corrected chi connectivity index (χ3v) is 6.46. The van der Waals surface area contributed by atoms with E-state index in [-0.39, 0.29) is 12.5 Å². The molecule has 1 aliphatic carbocycles. The summed E-state index contributed by atoms with van der Waals surface area (Å²) in [6, 6.07) is 6.00. The van der Waals surface area contributed by atoms with Gasteiger partial charge in [-0.3, -0.25) is 4.79 Å². The van der Waals surface area contributed by atoms with Crippen LogP contribution in [0, 0.1) is 26.7 Å². The number of rotatable bonds is 5. The fraction of sp³-hybridized carbons (Fsp3) is 0.455. The van der Waals surface area contributed by atoms with Gasteiger partial charge in [0, 0.05) is 10.6 Å². The van der Waals surface area contributed by atoms with Crippen LogP contribution < -0.4 is 5.32 Å². The molecule has 0 unspecified atom stereocenters. The van der Waals surface area contributed by atoms with E-state index in [2.05, 4.69) is 12.2 Å². The maximum Gasteiger partial charge on any atom is 0.348 e. The fourth-order valence-corrected chi connectivity index (χ4v) is 4.91. The minimum absolute atomic E-state index is 0.272. The number of benzene rings is 1. The zero-order valence-corrected chi connectivity index (χ0v) is 17.3. The number of fused-ring (bicyclic) bond motifs is 1. The number of esters is 1. The van der Waals surface area contributed by atoms with Crippen LogP contribution in [0.25, 0.3) is 0 Å². The predicted octanol–water partition coefficient (Wildman–Crippen LogP) is 4.98. The van der Waals surface area contributed by atoms with Crippen molar-refractivity contribution in [1.29, 1.82) is 0 Å². The Morgan fingerprint density at radius 1 is 1.19 bits per heavy atom. The SMILES string of the molecule is CC[C@H]1CCc2sc(C(=O)OCC(=O)Nc3c(C)cc(C)cc3C)cc2C1. The van der Waals surface area contributed by atoms with Gasteiger partial charge in [-0.1, -0.05) is 31.0 Å². The molecule has 1 N–H and O–H groups in total. The Kier molecular flexibility index (Phi) is 6.00. The number of ether oxygens (including phenoxy) is 1. The highest BCUT2D eigenvalue weighted by Crippen LogP contribution is 2.33. The number of carbonyl (C=O) groups excluding carboxylic acids is 2. The van der Waals surface area contributed by atoms with Crippen molar-refractivity contribution in [3.63, 3.8) is 0 Å². The second-order valence-electron chi connectivity index (χ2n) is 7.47. The third kappa shape index (κ3) is 4.59. The van der Waals surface area contributed by atoms with Crippen molar-refractivity contribution < 1.29 is 14.3 Å². The Morgan fingerprint density at radius 3 is 2.56 bits per heavy atom. The van der Waals surface area contributed by atoms with E-state index in [1.165, 1.54) is 34.6 Å². The molecular weight excluding hydrogens is 358 g/mol. The predicted molar refractivity (Wildman–Crippen MR) is 110 cm³/mol. The summed E-state index contributed by atoms with van der Waals surface area (Å²) in [6.07, 6.45) is 4.45. The van der Waals surface area contributed by atoms with Gasteiger partial charge in [-0.25, -0.2) is 4.79 Å². The third-order valence-electron chi connectivity index (χ3n) is 5.24. The van der Waals surface area contributed by atoms with Gasteiger partial charge in [0.2, 0.25) is 0 Å². The Bertz CT molecular complexity index is 845. The molecule has 3 rings (SSSR count). The quantitative estimate of drug-likeness (QED) is 0.738. The number of carbonyl (C=O) groups is 2. The zero-order chi connectivity index (χ0) is 19.6. The number of amides is 1. The molecule has 5 heteroatoms. The molecule has 1 atom stereocenters. The Hall–Kier alpha value is -2.14. The molecule has 0 bridgehead atoms. The van der Waals surface area contributed by atoms with Crippen LogP contribution >= 0.6 is 11.3 Å². The van der Waals surface area contributed by atoms with Crippen molar-refractivity contribution in [3.8, 4) is 0 Å². The normalized spacial score (nSPS) is 15.9. The van der Waals surface area contributed by atoms with E-state index in [4.69, 9.17) is 4.74 Å². The van der Waals surface area contributed by atoms with Gasteiger partial charge in [0.1, 0.15) is 4.88 Å². The number of aryl methyl sites for hydroxylation is 4. The number of anilines is 1. The van der Waals surface area contributed by atoms with E-state index in [9.17, 15) is 9.59 Å². The molecule has 0 fully saturated rings. The Morgan fingerprint density at radius 2 is 1.89 bits per heavy atom. The smallest absolute Gasteiger partial charge is 0.348 e. The first-order valence-electron chi connectivity index (χ1n) is 9.53. The number of hydrogen-bond donors (Lipinski definition) is 1. The summed E-state index contributed by atoms with van der Waals surface area (Å²) in [4.78, 5) is 26.5. The molecule has 0 radical (unpaired) electrons. The highest BCUT2D eigenvalue weighted by Gasteiger charge is 2.23. The minimum atomic E-state index is -0.407. The summed E-state index contributed by atoms with van der Waals surface area (Å²) in [6.45, 7) is 7.89. The molecule has 4 nitrogen and oxygen atoms in total. The van der Waals surface area contributed by atoms with Gasteiger partial charge in [0.25, 0.3) is 5.91 Å². The average Bonchev–Trinajstić information content (AvgIpc) is 3.05. The summed E-state index contributed by atoms with van der Waals surface area (Å²) in [7, 11) is 0. The summed E-state index contributed by atoms with van der Waals surface area (Å²) < 4.78 is 5.26. The largest absolute Gasteiger partial charge is 0.451 e. The van der Waals surface area contributed by atoms with Gasteiger partial charge in [-0.2, -0.15) is 0 Å². The van der Waals surface area contributed by atoms with E-state index in [0.29, 0.717) is 10.8 Å². The van der Waals surface area contributed by atoms with E-state index in [0.717, 1.165) is 35.2 Å². The maximum atomic E-state index is 12.4. The number of nitrogens with one attached hydrogen (secondary N) is 1. The number of hydrogen-bond acceptors (Lipinski definition) is 4. The maximum absolute atomic E-state index is 12.4. The van der Waals surface area contributed by atoms with Crippen LogP contribution in [0.1, 0.15) is 56.6 Å². The minimum Gasteiger partial charge on any atom is -0.451 e. The second-order valence-corrected chi connectivity index (χ2v) is 8.61. The van der Waals surface area contributed by atoms with Crippen LogP contribution in [0.2, 0.25) is 0 Å². The van der Waals surface area contributed by atoms with Crippen LogP contribution in [-0.4, -0.2) is 18.5 Å². The second kappa shape index (κ2) is 8.26. The lowest BCUT2D eigenvalue weighted by atomic mass is 9.87. The topological polar surface area (TPSA) is 55.4 Å². The highest BCUT2D eigenvalue weighted by atomic mass is 32.1. The van der Waals surface area contributed by atoms with E-state index < -0.39 is 5.97 Å². The zero-order valence-electron chi connectivity index (χ0n) is 16.5. The standard InChI is InChI=1S/C22H27NO3S/c1-5-16-6-7-18-17(10-16)11-19(27-18)22(25)26-12-20(24)23-21-14(3)8-13(2)9-15(21)4/h8-9,11,16H,5-7,10,12H2,1-4H3,(H,23,24)/t16-/m0/s1. The molecule has 1 aliphatic rings. The molecule has 144 valence electrons. The molecule has 1 aromatic heterocycles. The van der Waals surface area contributed by atoms with E-state index in [1.807, 2.05) is 39.0 Å². The molecular formula is C22H27NO3S. The van der Waals surface area contributed by atoms with Gasteiger partial charge in [-0.15, -0.1) is 11.3 Å². The monoisotopic (exact) mass is 385 g/mol. The lowest BCUT2D eigenvalue weighted by Crippen LogP contribution is -2.21. The van der Waals surface area contributed by atoms with Crippen molar-refractivity contribution in [2.24, 2.45) is 5.92 Å². The molecule has 27 heavy (non-hydrogen) atoms. The van der Waals surface area contributed by atoms with E-state index >= 15 is 0 Å². The van der Waals surface area contributed by atoms with Crippen LogP contribution in [0.5, 0.6) is 0 Å². The molecule has 0 aliphatic heterocycles. The highest BCUT2D eigenvalue weighted by molar-refractivity contribution is 7.14. The van der Waals surface area contributed by atoms with Gasteiger partial charge in [0.05, 0.1) is 0 Å². The number of thiophene rings is 1. The van der Waals surface area contributed by atoms with Crippen molar-refractivity contribution in [2.75, 3.05) is 11.9 Å². The van der Waals surface area contributed by atoms with Crippen LogP contribution in [0.15, 0.2) is 18.2 Å². The molecule has 1 aromatic carbocycles. The Balaban J connectivity index is 1.58. The van der Waals surface area contributed by atoms with Crippen LogP contribution in [0.4, 0.5) is 5.69 Å². The van der Waals surface area contributed by atoms with Crippen LogP contribution in [0.3, 0.4) is 0 Å². The summed E-state index contributed by atoms with van der Waals surface area (Å²) >= 11 is 1.51. The van der Waals surface area contributed by atoms with Gasteiger partial charge in [-0.05, 0) is 68.7 Å². The van der Waals surface area contributed by atoms with Crippen LogP contribution in [-0.2, 0) is 22.4 Å². The molecule has 1 amide bonds. The van der Waals surface area contributed by atoms with Gasteiger partial charge < -0.3 is 10.1 Å². The first-order valence-corrected chi connectivity index (χ1v) is 10.4. The summed E-state index contributed by atoms with van der Waals surface area (Å²) in [5, 5.41) is 2.86. The lowest BCUT2D eigenvalue weighted by molar-refractivity contribution is -0.119. The fourth-order valence-electron chi connectivity index (χ4n) is 3.80. The first-order chi connectivity index (χ1) is 12.9. The van der Waals surface area contributed by atoms with Crippen molar-refractivity contribution >= 4 is 28.9 Å². The first kappa shape index (κ1) is 19.6. The molecule has 0 spiro atoms. The molecule has 1 heterocycles. The van der Waals surface area contributed by atoms with Crippen molar-refractivity contribution in [1.82, 2.24) is 0 Å². The summed E-state index contributed by atoms with van der Waals surface area (Å²) in [5.74, 6) is -0.0107. The van der Waals surface area contributed by atoms with Gasteiger partial charge in [0.15, 0.2) is 6.61 Å². The van der Waals surface area contributed by atoms with E-state index in [1.54, 1.807) is 0 Å². The molecule has 0 saturated carbocycles.